The number of rotatable bonds is 5. The number of ether oxygens (including phenoxy) is 2. The molecule has 0 saturated carbocycles. The first-order valence-electron chi connectivity index (χ1n) is 10.0. The Morgan fingerprint density at radius 3 is 2.60 bits per heavy atom. The first kappa shape index (κ1) is 21.4. The molecule has 1 aliphatic rings. The summed E-state index contributed by atoms with van der Waals surface area (Å²) in [5, 5.41) is 4.12. The van der Waals surface area contributed by atoms with Crippen LogP contribution in [0.3, 0.4) is 0 Å². The summed E-state index contributed by atoms with van der Waals surface area (Å²) in [7, 11) is 0. The molecule has 0 aromatic heterocycles. The molecule has 0 bridgehead atoms. The Morgan fingerprint density at radius 2 is 1.87 bits per heavy atom. The molecule has 2 aromatic rings. The second-order valence-electron chi connectivity index (χ2n) is 8.19. The van der Waals surface area contributed by atoms with Crippen LogP contribution in [0, 0.1) is 0 Å². The van der Waals surface area contributed by atoms with Gasteiger partial charge in [-0.1, -0.05) is 75.4 Å². The first-order chi connectivity index (χ1) is 14.3. The van der Waals surface area contributed by atoms with E-state index in [1.165, 1.54) is 0 Å². The molecule has 0 radical (unpaired) electrons. The van der Waals surface area contributed by atoms with Crippen molar-refractivity contribution < 1.29 is 14.3 Å². The molecule has 2 aromatic carbocycles. The summed E-state index contributed by atoms with van der Waals surface area (Å²) in [6.45, 7) is 8.35. The van der Waals surface area contributed by atoms with E-state index < -0.39 is 6.10 Å². The van der Waals surface area contributed by atoms with Gasteiger partial charge in [-0.3, -0.25) is 4.79 Å². The molecule has 5 heteroatoms. The summed E-state index contributed by atoms with van der Waals surface area (Å²) in [5.41, 5.74) is 5.45. The second-order valence-corrected chi connectivity index (χ2v) is 8.19. The zero-order chi connectivity index (χ0) is 21.6. The number of nitrogens with zero attached hydrogens (tertiary/aromatic N) is 1. The van der Waals surface area contributed by atoms with Crippen molar-refractivity contribution in [3.05, 3.63) is 77.9 Å². The largest absolute Gasteiger partial charge is 0.485 e. The zero-order valence-corrected chi connectivity index (χ0v) is 17.9. The number of nitrogens with one attached hydrogen (secondary N) is 1. The van der Waals surface area contributed by atoms with Gasteiger partial charge in [0.05, 0.1) is 5.71 Å². The fourth-order valence-electron chi connectivity index (χ4n) is 2.85. The molecule has 3 rings (SSSR count). The van der Waals surface area contributed by atoms with Crippen molar-refractivity contribution in [2.24, 2.45) is 5.10 Å². The third-order valence-electron chi connectivity index (χ3n) is 4.64. The molecule has 156 valence electrons. The molecule has 1 heterocycles. The summed E-state index contributed by atoms with van der Waals surface area (Å²) < 4.78 is 11.6. The zero-order valence-electron chi connectivity index (χ0n) is 17.9. The summed E-state index contributed by atoms with van der Waals surface area (Å²) in [4.78, 5) is 12.4. The number of fused-ring (bicyclic) bond motifs is 1. The monoisotopic (exact) mass is 404 g/mol. The van der Waals surface area contributed by atoms with Crippen LogP contribution in [-0.2, 0) is 10.2 Å². The minimum absolute atomic E-state index is 0.0176. The van der Waals surface area contributed by atoms with Gasteiger partial charge in [0, 0.05) is 0 Å². The topological polar surface area (TPSA) is 59.9 Å². The van der Waals surface area contributed by atoms with Gasteiger partial charge in [0.15, 0.2) is 11.5 Å². The number of carbonyl (C=O) groups excluding carboxylic acids is 1. The maximum absolute atomic E-state index is 12.4. The number of benzene rings is 2. The Bertz CT molecular complexity index is 970. The molecule has 5 nitrogen and oxygen atoms in total. The van der Waals surface area contributed by atoms with Crippen LogP contribution >= 0.6 is 0 Å². The molecule has 30 heavy (non-hydrogen) atoms. The maximum atomic E-state index is 12.4. The van der Waals surface area contributed by atoms with Gasteiger partial charge in [-0.2, -0.15) is 5.10 Å². The van der Waals surface area contributed by atoms with Gasteiger partial charge < -0.3 is 9.47 Å². The molecular weight excluding hydrogens is 376 g/mol. The van der Waals surface area contributed by atoms with E-state index >= 15 is 0 Å². The van der Waals surface area contributed by atoms with Crippen LogP contribution in [0.2, 0.25) is 0 Å². The summed E-state index contributed by atoms with van der Waals surface area (Å²) in [6.07, 6.45) is 6.88. The van der Waals surface area contributed by atoms with E-state index in [9.17, 15) is 4.79 Å². The molecule has 1 aliphatic heterocycles. The van der Waals surface area contributed by atoms with Crippen molar-refractivity contribution in [1.29, 1.82) is 0 Å². The molecule has 0 spiro atoms. The van der Waals surface area contributed by atoms with Crippen LogP contribution in [0.5, 0.6) is 11.5 Å². The molecule has 0 unspecified atom stereocenters. The predicted octanol–water partition coefficient (Wildman–Crippen LogP) is 4.89. The van der Waals surface area contributed by atoms with Crippen LogP contribution in [0.15, 0.2) is 71.9 Å². The maximum Gasteiger partial charge on any atom is 0.284 e. The number of amides is 1. The van der Waals surface area contributed by atoms with E-state index in [-0.39, 0.29) is 17.9 Å². The molecule has 1 amide bonds. The average molecular weight is 405 g/mol. The molecule has 0 fully saturated rings. The van der Waals surface area contributed by atoms with Gasteiger partial charge >= 0.3 is 0 Å². The van der Waals surface area contributed by atoms with Crippen LogP contribution < -0.4 is 14.9 Å². The van der Waals surface area contributed by atoms with Crippen LogP contribution in [-0.4, -0.2) is 24.3 Å². The minimum Gasteiger partial charge on any atom is -0.485 e. The highest BCUT2D eigenvalue weighted by Gasteiger charge is 2.28. The van der Waals surface area contributed by atoms with E-state index in [0.29, 0.717) is 17.2 Å². The fourth-order valence-corrected chi connectivity index (χ4v) is 2.85. The van der Waals surface area contributed by atoms with Crippen molar-refractivity contribution in [2.75, 3.05) is 6.61 Å². The second kappa shape index (κ2) is 9.44. The van der Waals surface area contributed by atoms with Crippen molar-refractivity contribution in [2.45, 2.75) is 39.2 Å². The summed E-state index contributed by atoms with van der Waals surface area (Å²) >= 11 is 0. The van der Waals surface area contributed by atoms with Crippen molar-refractivity contribution in [3.63, 3.8) is 0 Å². The molecular formula is C25H28N2O3. The SMILES string of the molecule is CC(/C=C/C=C/c1ccccc1)=N\NC(=O)[C@H]1COc2ccc(C(C)(C)C)cc2O1. The first-order valence-corrected chi connectivity index (χ1v) is 10.0. The Labute approximate surface area is 178 Å². The predicted molar refractivity (Wildman–Crippen MR) is 121 cm³/mol. The standard InChI is InChI=1S/C25H28N2O3/c1-18(10-8-9-13-19-11-6-5-7-12-19)26-27-24(28)23-17-29-21-15-14-20(25(2,3)4)16-22(21)30-23/h5-16,23H,17H2,1-4H3,(H,27,28)/b10-8+,13-9+,26-18+/t23-/m1/s1. The molecule has 0 aliphatic carbocycles. The van der Waals surface area contributed by atoms with Crippen LogP contribution in [0.4, 0.5) is 0 Å². The van der Waals surface area contributed by atoms with E-state index in [2.05, 4.69) is 31.3 Å². The minimum atomic E-state index is -0.744. The van der Waals surface area contributed by atoms with E-state index in [1.807, 2.05) is 79.8 Å². The van der Waals surface area contributed by atoms with Gasteiger partial charge in [0.25, 0.3) is 5.91 Å². The van der Waals surface area contributed by atoms with E-state index in [4.69, 9.17) is 9.47 Å². The number of hydrazone groups is 1. The lowest BCUT2D eigenvalue weighted by Gasteiger charge is -2.27. The van der Waals surface area contributed by atoms with Crippen molar-refractivity contribution >= 4 is 17.7 Å². The van der Waals surface area contributed by atoms with Gasteiger partial charge in [-0.25, -0.2) is 5.43 Å². The Balaban J connectivity index is 1.56. The fraction of sp³-hybridized carbons (Fsp3) is 0.280. The van der Waals surface area contributed by atoms with Gasteiger partial charge in [-0.05, 0) is 41.7 Å². The number of carbonyl (C=O) groups is 1. The molecule has 1 atom stereocenters. The quantitative estimate of drug-likeness (QED) is 0.439. The number of allylic oxidation sites excluding steroid dienone is 3. The van der Waals surface area contributed by atoms with Gasteiger partial charge in [0.2, 0.25) is 6.10 Å². The summed E-state index contributed by atoms with van der Waals surface area (Å²) in [5.74, 6) is 0.898. The van der Waals surface area contributed by atoms with Crippen molar-refractivity contribution in [1.82, 2.24) is 5.43 Å². The highest BCUT2D eigenvalue weighted by molar-refractivity contribution is 5.94. The van der Waals surface area contributed by atoms with E-state index in [0.717, 1.165) is 11.1 Å². The van der Waals surface area contributed by atoms with Gasteiger partial charge in [-0.15, -0.1) is 0 Å². The Morgan fingerprint density at radius 1 is 1.10 bits per heavy atom. The van der Waals surface area contributed by atoms with Crippen LogP contribution in [0.1, 0.15) is 38.8 Å². The van der Waals surface area contributed by atoms with Crippen molar-refractivity contribution in [3.8, 4) is 11.5 Å². The third-order valence-corrected chi connectivity index (χ3v) is 4.64. The lowest BCUT2D eigenvalue weighted by atomic mass is 9.87. The van der Waals surface area contributed by atoms with Crippen LogP contribution in [0.25, 0.3) is 6.08 Å². The number of hydrogen-bond acceptors (Lipinski definition) is 4. The summed E-state index contributed by atoms with van der Waals surface area (Å²) in [6, 6.07) is 15.9. The highest BCUT2D eigenvalue weighted by Crippen LogP contribution is 2.36. The lowest BCUT2D eigenvalue weighted by Crippen LogP contribution is -2.42. The third kappa shape index (κ3) is 5.83. The Kier molecular flexibility index (Phi) is 6.72. The molecule has 1 N–H and O–H groups in total. The highest BCUT2D eigenvalue weighted by atomic mass is 16.6. The van der Waals surface area contributed by atoms with Gasteiger partial charge in [0.1, 0.15) is 6.61 Å². The number of hydrogen-bond donors (Lipinski definition) is 1. The Hall–Kier alpha value is -3.34. The lowest BCUT2D eigenvalue weighted by molar-refractivity contribution is -0.130. The average Bonchev–Trinajstić information content (AvgIpc) is 2.74. The smallest absolute Gasteiger partial charge is 0.284 e. The normalized spacial score (nSPS) is 16.8. The van der Waals surface area contributed by atoms with E-state index in [1.54, 1.807) is 0 Å². The molecule has 0 saturated heterocycles.